The van der Waals surface area contributed by atoms with E-state index in [2.05, 4.69) is 30.5 Å². The van der Waals surface area contributed by atoms with Gasteiger partial charge in [-0.15, -0.1) is 11.3 Å². The maximum absolute atomic E-state index is 10.6. The van der Waals surface area contributed by atoms with Crippen molar-refractivity contribution >= 4 is 34.3 Å². The van der Waals surface area contributed by atoms with Crippen LogP contribution in [-0.2, 0) is 4.79 Å². The van der Waals surface area contributed by atoms with Gasteiger partial charge >= 0.3 is 0 Å². The zero-order valence-electron chi connectivity index (χ0n) is 8.45. The molecule has 0 aliphatic carbocycles. The van der Waals surface area contributed by atoms with E-state index in [9.17, 15) is 4.79 Å². The molecule has 0 saturated heterocycles. The van der Waals surface area contributed by atoms with Crippen LogP contribution in [-0.4, -0.2) is 10.9 Å². The topological polar surface area (TPSA) is 17.1 Å². The standard InChI is InChI=1S/C11H14OS2/c1-9-11(6-8-13-9)5-3-4-7-14-10(2)12/h3,5-6,8H,4,7H2,1-2H3. The molecule has 1 nitrogen and oxygen atoms in total. The van der Waals surface area contributed by atoms with Gasteiger partial charge in [0, 0.05) is 17.6 Å². The number of carbonyl (C=O) groups is 1. The molecule has 0 amide bonds. The van der Waals surface area contributed by atoms with Gasteiger partial charge in [0.1, 0.15) is 0 Å². The molecule has 0 aromatic carbocycles. The van der Waals surface area contributed by atoms with E-state index in [4.69, 9.17) is 0 Å². The van der Waals surface area contributed by atoms with Crippen LogP contribution >= 0.6 is 23.1 Å². The fourth-order valence-electron chi connectivity index (χ4n) is 1.05. The first-order valence-corrected chi connectivity index (χ1v) is 6.40. The van der Waals surface area contributed by atoms with Gasteiger partial charge in [-0.05, 0) is 30.4 Å². The highest BCUT2D eigenvalue weighted by Crippen LogP contribution is 2.16. The van der Waals surface area contributed by atoms with E-state index in [1.54, 1.807) is 18.3 Å². The minimum absolute atomic E-state index is 0.199. The Morgan fingerprint density at radius 1 is 1.64 bits per heavy atom. The molecule has 1 aromatic heterocycles. The number of carbonyl (C=O) groups excluding carboxylic acids is 1. The minimum atomic E-state index is 0.199. The van der Waals surface area contributed by atoms with Crippen molar-refractivity contribution in [3.63, 3.8) is 0 Å². The van der Waals surface area contributed by atoms with Gasteiger partial charge in [0.25, 0.3) is 0 Å². The van der Waals surface area contributed by atoms with Gasteiger partial charge in [-0.1, -0.05) is 23.9 Å². The van der Waals surface area contributed by atoms with Crippen LogP contribution in [0.25, 0.3) is 6.08 Å². The van der Waals surface area contributed by atoms with E-state index in [1.807, 2.05) is 0 Å². The molecule has 1 aromatic rings. The lowest BCUT2D eigenvalue weighted by atomic mass is 10.2. The predicted molar refractivity (Wildman–Crippen MR) is 65.8 cm³/mol. The molecule has 0 radical (unpaired) electrons. The monoisotopic (exact) mass is 226 g/mol. The van der Waals surface area contributed by atoms with Gasteiger partial charge in [0.2, 0.25) is 0 Å². The number of thioether (sulfide) groups is 1. The van der Waals surface area contributed by atoms with Crippen molar-refractivity contribution in [2.24, 2.45) is 0 Å². The number of thiophene rings is 1. The second-order valence-electron chi connectivity index (χ2n) is 2.96. The lowest BCUT2D eigenvalue weighted by Gasteiger charge is -1.92. The summed E-state index contributed by atoms with van der Waals surface area (Å²) in [7, 11) is 0. The molecular formula is C11H14OS2. The van der Waals surface area contributed by atoms with Gasteiger partial charge in [-0.2, -0.15) is 0 Å². The van der Waals surface area contributed by atoms with Gasteiger partial charge < -0.3 is 0 Å². The average molecular weight is 226 g/mol. The Labute approximate surface area is 93.2 Å². The average Bonchev–Trinajstić information content (AvgIpc) is 2.51. The van der Waals surface area contributed by atoms with Crippen LogP contribution in [0.2, 0.25) is 0 Å². The molecule has 14 heavy (non-hydrogen) atoms. The second-order valence-corrected chi connectivity index (χ2v) is 5.36. The zero-order valence-corrected chi connectivity index (χ0v) is 10.1. The van der Waals surface area contributed by atoms with Gasteiger partial charge in [-0.25, -0.2) is 0 Å². The molecule has 76 valence electrons. The van der Waals surface area contributed by atoms with Crippen LogP contribution in [0.3, 0.4) is 0 Å². The number of allylic oxidation sites excluding steroid dienone is 1. The molecule has 0 N–H and O–H groups in total. The third kappa shape index (κ3) is 4.11. The maximum atomic E-state index is 10.6. The lowest BCUT2D eigenvalue weighted by molar-refractivity contribution is -0.109. The van der Waals surface area contributed by atoms with Crippen LogP contribution in [0.1, 0.15) is 23.8 Å². The summed E-state index contributed by atoms with van der Waals surface area (Å²) in [5.74, 6) is 0.884. The molecular weight excluding hydrogens is 212 g/mol. The highest BCUT2D eigenvalue weighted by Gasteiger charge is 1.94. The fourth-order valence-corrected chi connectivity index (χ4v) is 2.28. The highest BCUT2D eigenvalue weighted by atomic mass is 32.2. The van der Waals surface area contributed by atoms with Gasteiger partial charge in [-0.3, -0.25) is 4.79 Å². The van der Waals surface area contributed by atoms with Crippen molar-refractivity contribution in [3.05, 3.63) is 28.0 Å². The number of aryl methyl sites for hydroxylation is 1. The van der Waals surface area contributed by atoms with E-state index >= 15 is 0 Å². The first kappa shape index (κ1) is 11.5. The first-order valence-electron chi connectivity index (χ1n) is 4.54. The molecule has 1 rings (SSSR count). The van der Waals surface area contributed by atoms with E-state index in [1.165, 1.54) is 22.2 Å². The largest absolute Gasteiger partial charge is 0.288 e. The van der Waals surface area contributed by atoms with Crippen molar-refractivity contribution in [1.29, 1.82) is 0 Å². The SMILES string of the molecule is CC(=O)SCCC=Cc1ccsc1C. The molecule has 0 saturated carbocycles. The third-order valence-electron chi connectivity index (χ3n) is 1.79. The number of hydrogen-bond acceptors (Lipinski definition) is 3. The van der Waals surface area contributed by atoms with Crippen LogP contribution < -0.4 is 0 Å². The Kier molecular flexibility index (Phi) is 4.98. The number of rotatable bonds is 4. The third-order valence-corrected chi connectivity index (χ3v) is 3.49. The predicted octanol–water partition coefficient (Wildman–Crippen LogP) is 3.74. The summed E-state index contributed by atoms with van der Waals surface area (Å²) < 4.78 is 0. The quantitative estimate of drug-likeness (QED) is 0.727. The second kappa shape index (κ2) is 6.04. The van der Waals surface area contributed by atoms with Crippen LogP contribution in [0.4, 0.5) is 0 Å². The minimum Gasteiger partial charge on any atom is -0.288 e. The molecule has 0 aliphatic rings. The summed E-state index contributed by atoms with van der Waals surface area (Å²) >= 11 is 3.15. The molecule has 0 spiro atoms. The summed E-state index contributed by atoms with van der Waals surface area (Å²) in [6, 6.07) is 2.12. The van der Waals surface area contributed by atoms with Gasteiger partial charge in [0.05, 0.1) is 0 Å². The van der Waals surface area contributed by atoms with Crippen molar-refractivity contribution in [2.45, 2.75) is 20.3 Å². The zero-order chi connectivity index (χ0) is 10.4. The Balaban J connectivity index is 2.28. The van der Waals surface area contributed by atoms with E-state index < -0.39 is 0 Å². The number of hydrogen-bond donors (Lipinski definition) is 0. The Morgan fingerprint density at radius 2 is 2.43 bits per heavy atom. The summed E-state index contributed by atoms with van der Waals surface area (Å²) in [5.41, 5.74) is 1.29. The molecule has 0 fully saturated rings. The van der Waals surface area contributed by atoms with E-state index in [0.717, 1.165) is 12.2 Å². The molecule has 0 aliphatic heterocycles. The van der Waals surface area contributed by atoms with Gasteiger partial charge in [0.15, 0.2) is 5.12 Å². The summed E-state index contributed by atoms with van der Waals surface area (Å²) in [6.07, 6.45) is 5.22. The Morgan fingerprint density at radius 3 is 3.00 bits per heavy atom. The van der Waals surface area contributed by atoms with E-state index in [0.29, 0.717) is 0 Å². The molecule has 3 heteroatoms. The maximum Gasteiger partial charge on any atom is 0.185 e. The van der Waals surface area contributed by atoms with Crippen molar-refractivity contribution in [2.75, 3.05) is 5.75 Å². The summed E-state index contributed by atoms with van der Waals surface area (Å²) in [5, 5.41) is 2.30. The first-order chi connectivity index (χ1) is 6.70. The molecule has 0 bridgehead atoms. The summed E-state index contributed by atoms with van der Waals surface area (Å²) in [6.45, 7) is 3.73. The fraction of sp³-hybridized carbons (Fsp3) is 0.364. The van der Waals surface area contributed by atoms with E-state index in [-0.39, 0.29) is 5.12 Å². The van der Waals surface area contributed by atoms with Crippen molar-refractivity contribution in [1.82, 2.24) is 0 Å². The highest BCUT2D eigenvalue weighted by molar-refractivity contribution is 8.13. The smallest absolute Gasteiger partial charge is 0.185 e. The van der Waals surface area contributed by atoms with Crippen LogP contribution in [0.5, 0.6) is 0 Å². The van der Waals surface area contributed by atoms with Crippen LogP contribution in [0.15, 0.2) is 17.5 Å². The molecule has 1 heterocycles. The molecule has 0 atom stereocenters. The lowest BCUT2D eigenvalue weighted by Crippen LogP contribution is -1.83. The van der Waals surface area contributed by atoms with Crippen LogP contribution in [0, 0.1) is 6.92 Å². The van der Waals surface area contributed by atoms with Crippen molar-refractivity contribution < 1.29 is 4.79 Å². The summed E-state index contributed by atoms with van der Waals surface area (Å²) in [4.78, 5) is 12.0. The Bertz CT molecular complexity index is 326. The van der Waals surface area contributed by atoms with Crippen molar-refractivity contribution in [3.8, 4) is 0 Å². The Hall–Kier alpha value is -0.540. The molecule has 0 unspecified atom stereocenters. The normalized spacial score (nSPS) is 11.0.